The summed E-state index contributed by atoms with van der Waals surface area (Å²) in [5.41, 5.74) is 0. The molecule has 0 unspecified atom stereocenters. The summed E-state index contributed by atoms with van der Waals surface area (Å²) in [6, 6.07) is 0. The van der Waals surface area contributed by atoms with Crippen LogP contribution in [0.4, 0.5) is 0 Å². The number of rotatable bonds is 0. The van der Waals surface area contributed by atoms with E-state index in [1.54, 1.807) is 0 Å². The van der Waals surface area contributed by atoms with Crippen LogP contribution in [0.15, 0.2) is 0 Å². The predicted octanol–water partition coefficient (Wildman–Crippen LogP) is -5.85. The minimum absolute atomic E-state index is 0. The fourth-order valence-corrected chi connectivity index (χ4v) is 0. The topological polar surface area (TPSA) is 228 Å². The minimum atomic E-state index is 0. The SMILES string of the molecule is [Al+3].[Al+3].[Al+3].[Al+3].[Al+3].[Li+].[O-2].[O-2].[O-2].[O-2].[O-2].[O-2].[O-2].[O-2]. The molecule has 0 aromatic rings. The van der Waals surface area contributed by atoms with Crippen LogP contribution in [0.25, 0.3) is 0 Å². The standard InChI is InChI=1S/5Al.Li.8O/q5*+3;+1;8*-2. The van der Waals surface area contributed by atoms with Crippen LogP contribution in [-0.2, 0) is 43.8 Å². The van der Waals surface area contributed by atoms with Gasteiger partial charge in [0.1, 0.15) is 0 Å². The zero-order chi connectivity index (χ0) is 0. The smallest absolute Gasteiger partial charge is 2.00 e. The summed E-state index contributed by atoms with van der Waals surface area (Å²) in [5.74, 6) is 0. The van der Waals surface area contributed by atoms with Crippen molar-refractivity contribution in [3.8, 4) is 0 Å². The van der Waals surface area contributed by atoms with Crippen LogP contribution in [-0.4, -0.2) is 86.8 Å². The second-order valence-electron chi connectivity index (χ2n) is 0. The van der Waals surface area contributed by atoms with Crippen LogP contribution >= 0.6 is 0 Å². The molecule has 0 rings (SSSR count). The molecule has 0 saturated heterocycles. The summed E-state index contributed by atoms with van der Waals surface area (Å²) in [5, 5.41) is 0. The van der Waals surface area contributed by atoms with E-state index in [0.29, 0.717) is 0 Å². The molecule has 0 N–H and O–H groups in total. The van der Waals surface area contributed by atoms with E-state index < -0.39 is 0 Å². The van der Waals surface area contributed by atoms with Gasteiger partial charge >= 0.3 is 106 Å². The molecule has 0 radical (unpaired) electrons. The predicted molar refractivity (Wildman–Crippen MR) is 34.3 cm³/mol. The van der Waals surface area contributed by atoms with Crippen molar-refractivity contribution >= 4 is 86.8 Å². The Morgan fingerprint density at radius 2 is 0.214 bits per heavy atom. The van der Waals surface area contributed by atoms with Gasteiger partial charge in [0, 0.05) is 0 Å². The molecular formula is Al5LiO8. The molecule has 14 heavy (non-hydrogen) atoms. The van der Waals surface area contributed by atoms with Crippen LogP contribution in [0.1, 0.15) is 0 Å². The van der Waals surface area contributed by atoms with Crippen LogP contribution in [0.3, 0.4) is 0 Å². The maximum atomic E-state index is 0. The van der Waals surface area contributed by atoms with Gasteiger partial charge in [0.25, 0.3) is 0 Å². The molecule has 0 bridgehead atoms. The Morgan fingerprint density at radius 1 is 0.214 bits per heavy atom. The summed E-state index contributed by atoms with van der Waals surface area (Å²) in [4.78, 5) is 0. The fraction of sp³-hybridized carbons (Fsp3) is 0. The second-order valence-corrected chi connectivity index (χ2v) is 0. The third kappa shape index (κ3) is 336. The van der Waals surface area contributed by atoms with Gasteiger partial charge in [-0.3, -0.25) is 0 Å². The van der Waals surface area contributed by atoms with Gasteiger partial charge < -0.3 is 43.8 Å². The van der Waals surface area contributed by atoms with Crippen molar-refractivity contribution < 1.29 is 62.7 Å². The Hall–Kier alpha value is 2.94. The molecule has 0 spiro atoms. The third-order valence-corrected chi connectivity index (χ3v) is 0. The van der Waals surface area contributed by atoms with E-state index >= 15 is 0 Å². The molecule has 0 aliphatic rings. The van der Waals surface area contributed by atoms with Gasteiger partial charge in [0.05, 0.1) is 0 Å². The van der Waals surface area contributed by atoms with E-state index in [-0.39, 0.29) is 149 Å². The van der Waals surface area contributed by atoms with E-state index in [4.69, 9.17) is 0 Å². The zero-order valence-corrected chi connectivity index (χ0v) is 12.9. The van der Waals surface area contributed by atoms with Crippen LogP contribution < -0.4 is 18.9 Å². The van der Waals surface area contributed by atoms with Gasteiger partial charge in [0.2, 0.25) is 0 Å². The van der Waals surface area contributed by atoms with Crippen molar-refractivity contribution in [1.82, 2.24) is 0 Å². The summed E-state index contributed by atoms with van der Waals surface area (Å²) < 4.78 is 0. The second kappa shape index (κ2) is 412. The molecule has 0 amide bonds. The average Bonchev–Trinajstić information content (AvgIpc) is 0. The summed E-state index contributed by atoms with van der Waals surface area (Å²) in [6.07, 6.45) is 0. The first-order valence-electron chi connectivity index (χ1n) is 0. The summed E-state index contributed by atoms with van der Waals surface area (Å²) >= 11 is 0. The van der Waals surface area contributed by atoms with Gasteiger partial charge in [0.15, 0.2) is 0 Å². The van der Waals surface area contributed by atoms with Crippen LogP contribution in [0, 0.1) is 0 Å². The van der Waals surface area contributed by atoms with Gasteiger partial charge in [-0.1, -0.05) is 0 Å². The van der Waals surface area contributed by atoms with Crippen molar-refractivity contribution in [2.75, 3.05) is 0 Å². The van der Waals surface area contributed by atoms with Crippen LogP contribution in [0.5, 0.6) is 0 Å². The van der Waals surface area contributed by atoms with Crippen molar-refractivity contribution in [3.05, 3.63) is 0 Å². The summed E-state index contributed by atoms with van der Waals surface area (Å²) in [7, 11) is 0. The van der Waals surface area contributed by atoms with E-state index in [1.807, 2.05) is 0 Å². The van der Waals surface area contributed by atoms with E-state index in [2.05, 4.69) is 0 Å². The monoisotopic (exact) mass is 270 g/mol. The Morgan fingerprint density at radius 3 is 0.214 bits per heavy atom. The molecule has 0 aliphatic carbocycles. The maximum Gasteiger partial charge on any atom is 3.00 e. The van der Waals surface area contributed by atoms with E-state index in [0.717, 1.165) is 0 Å². The van der Waals surface area contributed by atoms with Crippen molar-refractivity contribution in [2.45, 2.75) is 0 Å². The molecule has 0 aliphatic heterocycles. The van der Waals surface area contributed by atoms with Gasteiger partial charge in [-0.2, -0.15) is 0 Å². The van der Waals surface area contributed by atoms with E-state index in [9.17, 15) is 0 Å². The van der Waals surface area contributed by atoms with E-state index in [1.165, 1.54) is 0 Å². The van der Waals surface area contributed by atoms with Gasteiger partial charge in [-0.25, -0.2) is 0 Å². The Kier molecular flexibility index (Phi) is 14600. The largest absolute Gasteiger partial charge is 3.00 e. The van der Waals surface area contributed by atoms with Crippen molar-refractivity contribution in [2.24, 2.45) is 0 Å². The normalized spacial score (nSPS) is 0. The molecule has 0 aromatic heterocycles. The molecule has 0 aromatic carbocycles. The first-order chi connectivity index (χ1) is 0. The Balaban J connectivity index is 0. The molecule has 0 fully saturated rings. The van der Waals surface area contributed by atoms with Gasteiger partial charge in [-0.05, 0) is 0 Å². The quantitative estimate of drug-likeness (QED) is 0.374. The third-order valence-electron chi connectivity index (χ3n) is 0. The Bertz CT molecular complexity index is 17.7. The zero-order valence-electron chi connectivity index (χ0n) is 7.15. The Labute approximate surface area is 148 Å². The summed E-state index contributed by atoms with van der Waals surface area (Å²) in [6.45, 7) is 0. The van der Waals surface area contributed by atoms with Crippen molar-refractivity contribution in [1.29, 1.82) is 0 Å². The van der Waals surface area contributed by atoms with Crippen LogP contribution in [0.2, 0.25) is 0 Å². The molecule has 0 atom stereocenters. The molecule has 8 nitrogen and oxygen atoms in total. The number of hydrogen-bond acceptors (Lipinski definition) is 0. The molecular weight excluding hydrogens is 270 g/mol. The van der Waals surface area contributed by atoms with Gasteiger partial charge in [-0.15, -0.1) is 0 Å². The fourth-order valence-electron chi connectivity index (χ4n) is 0. The first-order valence-corrected chi connectivity index (χ1v) is 0. The molecule has 0 saturated carbocycles. The average molecular weight is 270 g/mol. The molecule has 14 heteroatoms. The molecule has 64 valence electrons. The van der Waals surface area contributed by atoms with Crippen molar-refractivity contribution in [3.63, 3.8) is 0 Å². The minimum Gasteiger partial charge on any atom is -2.00 e. The molecule has 0 heterocycles. The first kappa shape index (κ1) is 498. The maximum absolute atomic E-state index is 0. The number of hydrogen-bond donors (Lipinski definition) is 0.